The number of benzene rings is 2. The van der Waals surface area contributed by atoms with E-state index in [9.17, 15) is 4.79 Å². The summed E-state index contributed by atoms with van der Waals surface area (Å²) in [6.07, 6.45) is 1.55. The molecule has 0 saturated carbocycles. The molecule has 4 heteroatoms. The van der Waals surface area contributed by atoms with E-state index in [1.54, 1.807) is 7.11 Å². The van der Waals surface area contributed by atoms with Crippen molar-refractivity contribution in [1.82, 2.24) is 5.32 Å². The van der Waals surface area contributed by atoms with Crippen molar-refractivity contribution in [2.75, 3.05) is 20.3 Å². The van der Waals surface area contributed by atoms with E-state index in [1.807, 2.05) is 54.6 Å². The number of methoxy groups -OCH3 is 1. The molecule has 126 valence electrons. The molecule has 0 bridgehead atoms. The van der Waals surface area contributed by atoms with Gasteiger partial charge in [0.2, 0.25) is 5.91 Å². The highest BCUT2D eigenvalue weighted by atomic mass is 16.5. The highest BCUT2D eigenvalue weighted by Gasteiger charge is 2.26. The molecule has 1 amide bonds. The van der Waals surface area contributed by atoms with Crippen LogP contribution in [0.15, 0.2) is 54.6 Å². The predicted molar refractivity (Wildman–Crippen MR) is 93.0 cm³/mol. The van der Waals surface area contributed by atoms with Crippen LogP contribution in [0.3, 0.4) is 0 Å². The fraction of sp³-hybridized carbons (Fsp3) is 0.350. The minimum atomic E-state index is -0.224. The third kappa shape index (κ3) is 3.77. The van der Waals surface area contributed by atoms with Crippen molar-refractivity contribution in [3.8, 4) is 5.75 Å². The lowest BCUT2D eigenvalue weighted by Gasteiger charge is -2.26. The van der Waals surface area contributed by atoms with Gasteiger partial charge in [0, 0.05) is 24.7 Å². The molecular formula is C20H23NO3. The average Bonchev–Trinajstić information content (AvgIpc) is 2.67. The number of carbonyl (C=O) groups excluding carboxylic acids is 1. The Morgan fingerprint density at radius 2 is 1.75 bits per heavy atom. The summed E-state index contributed by atoms with van der Waals surface area (Å²) < 4.78 is 10.9. The first-order valence-electron chi connectivity index (χ1n) is 8.35. The Labute approximate surface area is 142 Å². The molecule has 2 aromatic carbocycles. The van der Waals surface area contributed by atoms with E-state index in [1.165, 1.54) is 0 Å². The summed E-state index contributed by atoms with van der Waals surface area (Å²) in [7, 11) is 1.65. The zero-order chi connectivity index (χ0) is 16.8. The Kier molecular flexibility index (Phi) is 5.49. The van der Waals surface area contributed by atoms with Gasteiger partial charge in [0.15, 0.2) is 0 Å². The number of hydrogen-bond donors (Lipinski definition) is 1. The molecule has 24 heavy (non-hydrogen) atoms. The fourth-order valence-electron chi connectivity index (χ4n) is 3.11. The second-order valence-corrected chi connectivity index (χ2v) is 5.98. The van der Waals surface area contributed by atoms with Gasteiger partial charge in [-0.05, 0) is 24.5 Å². The first kappa shape index (κ1) is 16.5. The molecule has 0 aliphatic carbocycles. The van der Waals surface area contributed by atoms with Gasteiger partial charge in [-0.2, -0.15) is 0 Å². The molecular weight excluding hydrogens is 302 g/mol. The van der Waals surface area contributed by atoms with E-state index in [0.29, 0.717) is 13.2 Å². The number of amides is 1. The lowest BCUT2D eigenvalue weighted by atomic mass is 9.94. The first-order valence-corrected chi connectivity index (χ1v) is 8.35. The summed E-state index contributed by atoms with van der Waals surface area (Å²) in [5, 5.41) is 3.22. The second-order valence-electron chi connectivity index (χ2n) is 5.98. The van der Waals surface area contributed by atoms with Gasteiger partial charge in [-0.25, -0.2) is 0 Å². The van der Waals surface area contributed by atoms with Crippen LogP contribution in [0.25, 0.3) is 0 Å². The van der Waals surface area contributed by atoms with Gasteiger partial charge in [0.05, 0.1) is 13.2 Å². The number of rotatable bonds is 5. The van der Waals surface area contributed by atoms with E-state index in [-0.39, 0.29) is 17.9 Å². The van der Waals surface area contributed by atoms with E-state index < -0.39 is 0 Å². The van der Waals surface area contributed by atoms with Gasteiger partial charge in [0.25, 0.3) is 0 Å². The van der Waals surface area contributed by atoms with Crippen LogP contribution >= 0.6 is 0 Å². The van der Waals surface area contributed by atoms with Gasteiger partial charge in [-0.15, -0.1) is 0 Å². The van der Waals surface area contributed by atoms with Crippen molar-refractivity contribution in [3.63, 3.8) is 0 Å². The Morgan fingerprint density at radius 1 is 1.08 bits per heavy atom. The lowest BCUT2D eigenvalue weighted by molar-refractivity contribution is -0.128. The third-order valence-electron chi connectivity index (χ3n) is 4.46. The number of carbonyl (C=O) groups is 1. The Hall–Kier alpha value is -2.33. The van der Waals surface area contributed by atoms with Crippen LogP contribution in [-0.4, -0.2) is 26.2 Å². The summed E-state index contributed by atoms with van der Waals surface area (Å²) in [6.45, 7) is 1.31. The van der Waals surface area contributed by atoms with Crippen LogP contribution in [0.1, 0.15) is 30.0 Å². The van der Waals surface area contributed by atoms with E-state index >= 15 is 0 Å². The average molecular weight is 325 g/mol. The lowest BCUT2D eigenvalue weighted by Crippen LogP contribution is -2.37. The van der Waals surface area contributed by atoms with Crippen molar-refractivity contribution >= 4 is 5.91 Å². The molecule has 1 aliphatic rings. The Bertz CT molecular complexity index is 666. The quantitative estimate of drug-likeness (QED) is 0.917. The summed E-state index contributed by atoms with van der Waals surface area (Å²) >= 11 is 0. The van der Waals surface area contributed by atoms with Crippen molar-refractivity contribution in [2.24, 2.45) is 5.92 Å². The highest BCUT2D eigenvalue weighted by molar-refractivity contribution is 5.79. The molecule has 0 spiro atoms. The Morgan fingerprint density at radius 3 is 2.46 bits per heavy atom. The standard InChI is InChI=1S/C20H23NO3/c1-23-18-10-6-5-9-17(18)19(15-7-3-2-4-8-15)21-20(22)16-11-13-24-14-12-16/h2-10,16,19H,11-14H2,1H3,(H,21,22)/t19-/m0/s1. The van der Waals surface area contributed by atoms with Gasteiger partial charge in [-0.1, -0.05) is 48.5 Å². The van der Waals surface area contributed by atoms with Gasteiger partial charge >= 0.3 is 0 Å². The van der Waals surface area contributed by atoms with Gasteiger partial charge < -0.3 is 14.8 Å². The number of hydrogen-bond acceptors (Lipinski definition) is 3. The van der Waals surface area contributed by atoms with Crippen LogP contribution in [0.5, 0.6) is 5.75 Å². The third-order valence-corrected chi connectivity index (χ3v) is 4.46. The molecule has 0 radical (unpaired) electrons. The maximum Gasteiger partial charge on any atom is 0.224 e. The zero-order valence-electron chi connectivity index (χ0n) is 13.9. The summed E-state index contributed by atoms with van der Waals surface area (Å²) in [4.78, 5) is 12.7. The zero-order valence-corrected chi connectivity index (χ0v) is 13.9. The molecule has 1 atom stereocenters. The monoisotopic (exact) mass is 325 g/mol. The topological polar surface area (TPSA) is 47.6 Å². The smallest absolute Gasteiger partial charge is 0.224 e. The second kappa shape index (κ2) is 7.97. The van der Waals surface area contributed by atoms with E-state index in [0.717, 1.165) is 29.7 Å². The number of nitrogens with one attached hydrogen (secondary N) is 1. The highest BCUT2D eigenvalue weighted by Crippen LogP contribution is 2.30. The first-order chi connectivity index (χ1) is 11.8. The number of ether oxygens (including phenoxy) is 2. The normalized spacial score (nSPS) is 16.4. The maximum absolute atomic E-state index is 12.7. The van der Waals surface area contributed by atoms with Crippen molar-refractivity contribution in [2.45, 2.75) is 18.9 Å². The minimum absolute atomic E-state index is 0.0136. The van der Waals surface area contributed by atoms with Crippen LogP contribution in [0.4, 0.5) is 0 Å². The molecule has 3 rings (SSSR count). The number of para-hydroxylation sites is 1. The fourth-order valence-corrected chi connectivity index (χ4v) is 3.11. The molecule has 1 saturated heterocycles. The molecule has 1 aliphatic heterocycles. The summed E-state index contributed by atoms with van der Waals surface area (Å²) in [5.41, 5.74) is 2.01. The van der Waals surface area contributed by atoms with Crippen LogP contribution in [-0.2, 0) is 9.53 Å². The Balaban J connectivity index is 1.89. The van der Waals surface area contributed by atoms with Crippen molar-refractivity contribution < 1.29 is 14.3 Å². The van der Waals surface area contributed by atoms with Crippen LogP contribution < -0.4 is 10.1 Å². The molecule has 0 aromatic heterocycles. The summed E-state index contributed by atoms with van der Waals surface area (Å²) in [5.74, 6) is 0.872. The minimum Gasteiger partial charge on any atom is -0.496 e. The molecule has 2 aromatic rings. The molecule has 1 fully saturated rings. The van der Waals surface area contributed by atoms with Gasteiger partial charge in [-0.3, -0.25) is 4.79 Å². The predicted octanol–water partition coefficient (Wildman–Crippen LogP) is 3.33. The van der Waals surface area contributed by atoms with Crippen LogP contribution in [0.2, 0.25) is 0 Å². The molecule has 4 nitrogen and oxygen atoms in total. The maximum atomic E-state index is 12.7. The molecule has 1 N–H and O–H groups in total. The summed E-state index contributed by atoms with van der Waals surface area (Å²) in [6, 6.07) is 17.6. The SMILES string of the molecule is COc1ccccc1[C@@H](NC(=O)C1CCOCC1)c1ccccc1. The van der Waals surface area contributed by atoms with E-state index in [4.69, 9.17) is 9.47 Å². The van der Waals surface area contributed by atoms with E-state index in [2.05, 4.69) is 5.32 Å². The molecule has 1 heterocycles. The molecule has 0 unspecified atom stereocenters. The van der Waals surface area contributed by atoms with Crippen LogP contribution in [0, 0.1) is 5.92 Å². The van der Waals surface area contributed by atoms with Crippen molar-refractivity contribution in [3.05, 3.63) is 65.7 Å². The van der Waals surface area contributed by atoms with Crippen molar-refractivity contribution in [1.29, 1.82) is 0 Å². The largest absolute Gasteiger partial charge is 0.496 e. The van der Waals surface area contributed by atoms with Gasteiger partial charge in [0.1, 0.15) is 5.75 Å².